The van der Waals surface area contributed by atoms with Crippen LogP contribution in [0.3, 0.4) is 0 Å². The molecular formula is C31H40ClN3O2. The Balaban J connectivity index is 1.33. The first-order valence-corrected chi connectivity index (χ1v) is 14.6. The molecule has 198 valence electrons. The van der Waals surface area contributed by atoms with E-state index in [1.807, 2.05) is 12.1 Å². The zero-order valence-corrected chi connectivity index (χ0v) is 22.7. The molecule has 5 nitrogen and oxygen atoms in total. The molecule has 0 bridgehead atoms. The van der Waals surface area contributed by atoms with E-state index < -0.39 is 0 Å². The molecule has 2 N–H and O–H groups in total. The lowest BCUT2D eigenvalue weighted by Crippen LogP contribution is -2.57. The molecule has 1 amide bonds. The van der Waals surface area contributed by atoms with Crippen LogP contribution in [0, 0.1) is 11.8 Å². The van der Waals surface area contributed by atoms with Gasteiger partial charge in [0.15, 0.2) is 0 Å². The lowest BCUT2D eigenvalue weighted by atomic mass is 9.67. The molecule has 6 heteroatoms. The molecule has 6 rings (SSSR count). The van der Waals surface area contributed by atoms with Gasteiger partial charge in [-0.3, -0.25) is 4.79 Å². The number of nitrogens with zero attached hydrogens (tertiary/aromatic N) is 1. The van der Waals surface area contributed by atoms with Crippen LogP contribution in [0.2, 0.25) is 5.02 Å². The van der Waals surface area contributed by atoms with Gasteiger partial charge in [0.25, 0.3) is 0 Å². The van der Waals surface area contributed by atoms with Crippen molar-refractivity contribution in [1.29, 1.82) is 0 Å². The molecule has 0 radical (unpaired) electrons. The van der Waals surface area contributed by atoms with Crippen molar-refractivity contribution in [2.75, 3.05) is 33.3 Å². The summed E-state index contributed by atoms with van der Waals surface area (Å²) in [5.41, 5.74) is 3.29. The molecule has 0 unspecified atom stereocenters. The molecule has 2 aromatic carbocycles. The average molecular weight is 522 g/mol. The quantitative estimate of drug-likeness (QED) is 0.576. The van der Waals surface area contributed by atoms with Crippen LogP contribution in [-0.4, -0.2) is 50.1 Å². The third-order valence-corrected chi connectivity index (χ3v) is 10.1. The minimum Gasteiger partial charge on any atom is -0.496 e. The van der Waals surface area contributed by atoms with E-state index in [1.54, 1.807) is 7.11 Å². The Morgan fingerprint density at radius 2 is 1.81 bits per heavy atom. The number of hydrogen-bond acceptors (Lipinski definition) is 4. The monoisotopic (exact) mass is 521 g/mol. The molecule has 1 aliphatic carbocycles. The maximum atomic E-state index is 14.6. The molecule has 37 heavy (non-hydrogen) atoms. The van der Waals surface area contributed by atoms with Crippen LogP contribution in [0.4, 0.5) is 0 Å². The predicted molar refractivity (Wildman–Crippen MR) is 148 cm³/mol. The van der Waals surface area contributed by atoms with Crippen LogP contribution in [0.15, 0.2) is 42.5 Å². The number of fused-ring (bicyclic) bond motifs is 2. The molecule has 2 aromatic rings. The van der Waals surface area contributed by atoms with Crippen LogP contribution in [0.1, 0.15) is 67.6 Å². The van der Waals surface area contributed by atoms with Crippen molar-refractivity contribution in [3.8, 4) is 5.75 Å². The van der Waals surface area contributed by atoms with Crippen LogP contribution in [0.5, 0.6) is 5.75 Å². The summed E-state index contributed by atoms with van der Waals surface area (Å²) in [5, 5.41) is 7.97. The molecule has 2 saturated heterocycles. The van der Waals surface area contributed by atoms with E-state index in [1.165, 1.54) is 37.7 Å². The summed E-state index contributed by atoms with van der Waals surface area (Å²) in [6.07, 6.45) is 8.53. The molecule has 0 aromatic heterocycles. The number of hydrogen-bond donors (Lipinski definition) is 2. The summed E-state index contributed by atoms with van der Waals surface area (Å²) in [5.74, 6) is 2.18. The Kier molecular flexibility index (Phi) is 7.22. The highest BCUT2D eigenvalue weighted by Gasteiger charge is 2.54. The van der Waals surface area contributed by atoms with Crippen molar-refractivity contribution >= 4 is 17.5 Å². The number of carbonyl (C=O) groups excluding carboxylic acids is 1. The number of ether oxygens (including phenoxy) is 1. The first-order valence-electron chi connectivity index (χ1n) is 14.2. The number of likely N-dealkylation sites (tertiary alicyclic amines) is 1. The normalized spacial score (nSPS) is 30.3. The van der Waals surface area contributed by atoms with Gasteiger partial charge in [-0.25, -0.2) is 0 Å². The Morgan fingerprint density at radius 1 is 1.03 bits per heavy atom. The fraction of sp³-hybridized carbons (Fsp3) is 0.581. The van der Waals surface area contributed by atoms with Gasteiger partial charge in [-0.2, -0.15) is 0 Å². The second-order valence-corrected chi connectivity index (χ2v) is 12.1. The van der Waals surface area contributed by atoms with E-state index in [0.29, 0.717) is 30.3 Å². The molecule has 1 spiro atoms. The molecule has 4 aliphatic rings. The van der Waals surface area contributed by atoms with Crippen molar-refractivity contribution < 1.29 is 9.53 Å². The number of rotatable bonds is 4. The number of halogens is 1. The first-order chi connectivity index (χ1) is 18.1. The fourth-order valence-electron chi connectivity index (χ4n) is 8.00. The summed E-state index contributed by atoms with van der Waals surface area (Å²) in [7, 11) is 1.71. The summed E-state index contributed by atoms with van der Waals surface area (Å²) >= 11 is 6.90. The lowest BCUT2D eigenvalue weighted by Gasteiger charge is -2.48. The standard InChI is InChI=1S/C31H40ClN3O2/c1-37-28-13-12-26(32)29-24(28)17-33-19-31(29)20-34-18-25(31)30(36)35-15-14-23(21-8-4-2-5-9-21)16-27(35)22-10-6-3-7-11-22/h2,4-5,8-9,12-13,22-23,25,27,33-34H,3,6-7,10-11,14-20H2,1H3/t23-,25+,27+,31-/m1/s1. The number of piperidine rings is 1. The number of carbonyl (C=O) groups is 1. The summed E-state index contributed by atoms with van der Waals surface area (Å²) in [6.45, 7) is 3.77. The summed E-state index contributed by atoms with van der Waals surface area (Å²) < 4.78 is 5.72. The Morgan fingerprint density at radius 3 is 2.59 bits per heavy atom. The van der Waals surface area contributed by atoms with Gasteiger partial charge in [0.2, 0.25) is 5.91 Å². The van der Waals surface area contributed by atoms with Crippen molar-refractivity contribution in [1.82, 2.24) is 15.5 Å². The van der Waals surface area contributed by atoms with Gasteiger partial charge >= 0.3 is 0 Å². The first kappa shape index (κ1) is 25.2. The van der Waals surface area contributed by atoms with Gasteiger partial charge in [-0.1, -0.05) is 61.2 Å². The van der Waals surface area contributed by atoms with E-state index in [4.69, 9.17) is 16.3 Å². The zero-order valence-electron chi connectivity index (χ0n) is 22.0. The highest BCUT2D eigenvalue weighted by atomic mass is 35.5. The van der Waals surface area contributed by atoms with E-state index >= 15 is 0 Å². The second-order valence-electron chi connectivity index (χ2n) is 11.7. The third-order valence-electron chi connectivity index (χ3n) is 9.83. The minimum absolute atomic E-state index is 0.136. The predicted octanol–water partition coefficient (Wildman–Crippen LogP) is 5.26. The van der Waals surface area contributed by atoms with Gasteiger partial charge < -0.3 is 20.3 Å². The number of methoxy groups -OCH3 is 1. The Labute approximate surface area is 226 Å². The van der Waals surface area contributed by atoms with Gasteiger partial charge in [-0.05, 0) is 60.8 Å². The number of benzene rings is 2. The molecular weight excluding hydrogens is 482 g/mol. The van der Waals surface area contributed by atoms with Crippen LogP contribution in [0.25, 0.3) is 0 Å². The van der Waals surface area contributed by atoms with Crippen LogP contribution in [-0.2, 0) is 16.8 Å². The van der Waals surface area contributed by atoms with Gasteiger partial charge in [-0.15, -0.1) is 0 Å². The van der Waals surface area contributed by atoms with Crippen molar-refractivity contribution in [2.24, 2.45) is 11.8 Å². The molecule has 3 heterocycles. The van der Waals surface area contributed by atoms with E-state index in [2.05, 4.69) is 45.9 Å². The third kappa shape index (κ3) is 4.47. The van der Waals surface area contributed by atoms with Gasteiger partial charge in [0, 0.05) is 54.8 Å². The van der Waals surface area contributed by atoms with E-state index in [9.17, 15) is 4.79 Å². The van der Waals surface area contributed by atoms with Crippen molar-refractivity contribution in [3.05, 3.63) is 64.2 Å². The molecule has 3 aliphatic heterocycles. The average Bonchev–Trinajstić information content (AvgIpc) is 3.37. The van der Waals surface area contributed by atoms with Crippen LogP contribution < -0.4 is 15.4 Å². The Hall–Kier alpha value is -2.08. The van der Waals surface area contributed by atoms with Crippen LogP contribution >= 0.6 is 11.6 Å². The highest BCUT2D eigenvalue weighted by molar-refractivity contribution is 6.31. The molecule has 4 atom stereocenters. The SMILES string of the molecule is COc1ccc(Cl)c2c1CNC[C@]21CNC[C@H]1C(=O)N1CC[C@@H](c2ccccc2)C[C@H]1C1CCCCC1. The van der Waals surface area contributed by atoms with Crippen molar-refractivity contribution in [2.45, 2.75) is 68.9 Å². The largest absolute Gasteiger partial charge is 0.496 e. The lowest BCUT2D eigenvalue weighted by molar-refractivity contribution is -0.142. The molecule has 1 saturated carbocycles. The second kappa shape index (κ2) is 10.6. The maximum Gasteiger partial charge on any atom is 0.228 e. The Bertz CT molecular complexity index is 1120. The summed E-state index contributed by atoms with van der Waals surface area (Å²) in [6, 6.07) is 15.2. The van der Waals surface area contributed by atoms with Crippen molar-refractivity contribution in [3.63, 3.8) is 0 Å². The number of amides is 1. The maximum absolute atomic E-state index is 14.6. The smallest absolute Gasteiger partial charge is 0.228 e. The molecule has 3 fully saturated rings. The fourth-order valence-corrected chi connectivity index (χ4v) is 8.36. The zero-order chi connectivity index (χ0) is 25.4. The minimum atomic E-state index is -0.357. The number of nitrogens with one attached hydrogen (secondary N) is 2. The topological polar surface area (TPSA) is 53.6 Å². The highest BCUT2D eigenvalue weighted by Crippen LogP contribution is 2.48. The summed E-state index contributed by atoms with van der Waals surface area (Å²) in [4.78, 5) is 16.9. The van der Waals surface area contributed by atoms with E-state index in [-0.39, 0.29) is 11.3 Å². The van der Waals surface area contributed by atoms with Gasteiger partial charge in [0.05, 0.1) is 13.0 Å². The van der Waals surface area contributed by atoms with Gasteiger partial charge in [0.1, 0.15) is 5.75 Å². The van der Waals surface area contributed by atoms with E-state index in [0.717, 1.165) is 60.9 Å².